The Morgan fingerprint density at radius 1 is 1.38 bits per heavy atom. The summed E-state index contributed by atoms with van der Waals surface area (Å²) in [5, 5.41) is 0. The molecule has 1 unspecified atom stereocenters. The molecular formula is C11H17NO4. The van der Waals surface area contributed by atoms with Gasteiger partial charge < -0.3 is 9.64 Å². The van der Waals surface area contributed by atoms with Gasteiger partial charge >= 0.3 is 5.97 Å². The minimum absolute atomic E-state index is 0.00979. The number of Topliss-reactive ketones (excluding diaryl/α,β-unsaturated/α-hetero) is 1. The molecule has 1 aliphatic heterocycles. The van der Waals surface area contributed by atoms with Crippen LogP contribution in [-0.2, 0) is 19.1 Å². The van der Waals surface area contributed by atoms with Crippen LogP contribution in [0.1, 0.15) is 20.8 Å². The van der Waals surface area contributed by atoms with E-state index in [1.807, 2.05) is 0 Å². The van der Waals surface area contributed by atoms with Gasteiger partial charge in [-0.2, -0.15) is 0 Å². The minimum atomic E-state index is -0.809. The SMILES string of the molecule is COC(=O)C1CN(C(=O)C(C)(C)C)CC1=O. The molecule has 1 saturated heterocycles. The lowest BCUT2D eigenvalue weighted by Crippen LogP contribution is -2.38. The van der Waals surface area contributed by atoms with Crippen molar-refractivity contribution in [2.75, 3.05) is 20.2 Å². The molecule has 0 spiro atoms. The van der Waals surface area contributed by atoms with E-state index in [-0.39, 0.29) is 24.8 Å². The fourth-order valence-corrected chi connectivity index (χ4v) is 1.66. The average molecular weight is 227 g/mol. The maximum absolute atomic E-state index is 11.9. The summed E-state index contributed by atoms with van der Waals surface area (Å²) >= 11 is 0. The predicted octanol–water partition coefficient (Wildman–Crippen LogP) is 0.233. The van der Waals surface area contributed by atoms with Crippen molar-refractivity contribution >= 4 is 17.7 Å². The number of esters is 1. The van der Waals surface area contributed by atoms with Crippen molar-refractivity contribution in [2.24, 2.45) is 11.3 Å². The van der Waals surface area contributed by atoms with Crippen LogP contribution in [0.5, 0.6) is 0 Å². The van der Waals surface area contributed by atoms with Crippen molar-refractivity contribution in [3.63, 3.8) is 0 Å². The second-order valence-corrected chi connectivity index (χ2v) is 4.98. The van der Waals surface area contributed by atoms with Crippen LogP contribution in [0.4, 0.5) is 0 Å². The van der Waals surface area contributed by atoms with E-state index >= 15 is 0 Å². The molecule has 5 heteroatoms. The first-order valence-corrected chi connectivity index (χ1v) is 5.17. The van der Waals surface area contributed by atoms with Crippen LogP contribution in [-0.4, -0.2) is 42.8 Å². The number of amides is 1. The van der Waals surface area contributed by atoms with Gasteiger partial charge in [0.25, 0.3) is 0 Å². The molecule has 0 aromatic heterocycles. The number of hydrogen-bond donors (Lipinski definition) is 0. The van der Waals surface area contributed by atoms with Crippen LogP contribution in [0.2, 0.25) is 0 Å². The maximum atomic E-state index is 11.9. The highest BCUT2D eigenvalue weighted by atomic mass is 16.5. The highest BCUT2D eigenvalue weighted by Crippen LogP contribution is 2.22. The monoisotopic (exact) mass is 227 g/mol. The van der Waals surface area contributed by atoms with E-state index in [4.69, 9.17) is 0 Å². The summed E-state index contributed by atoms with van der Waals surface area (Å²) in [6, 6.07) is 0. The number of likely N-dealkylation sites (tertiary alicyclic amines) is 1. The Balaban J connectivity index is 2.74. The molecule has 0 aromatic rings. The molecule has 1 amide bonds. The van der Waals surface area contributed by atoms with Gasteiger partial charge in [-0.1, -0.05) is 20.8 Å². The van der Waals surface area contributed by atoms with Gasteiger partial charge in [0.2, 0.25) is 5.91 Å². The van der Waals surface area contributed by atoms with Crippen LogP contribution in [0.3, 0.4) is 0 Å². The summed E-state index contributed by atoms with van der Waals surface area (Å²) < 4.78 is 4.52. The van der Waals surface area contributed by atoms with E-state index in [1.165, 1.54) is 12.0 Å². The number of carbonyl (C=O) groups excluding carboxylic acids is 3. The van der Waals surface area contributed by atoms with Crippen LogP contribution in [0, 0.1) is 11.3 Å². The number of carbonyl (C=O) groups is 3. The Labute approximate surface area is 94.7 Å². The lowest BCUT2D eigenvalue weighted by molar-refractivity contribution is -0.147. The Hall–Kier alpha value is -1.39. The largest absolute Gasteiger partial charge is 0.468 e. The van der Waals surface area contributed by atoms with E-state index in [1.54, 1.807) is 20.8 Å². The zero-order chi connectivity index (χ0) is 12.5. The molecule has 1 fully saturated rings. The van der Waals surface area contributed by atoms with Gasteiger partial charge in [0.05, 0.1) is 13.7 Å². The molecule has 0 radical (unpaired) electrons. The second kappa shape index (κ2) is 4.23. The molecule has 1 aliphatic rings. The highest BCUT2D eigenvalue weighted by Gasteiger charge is 2.41. The molecule has 1 atom stereocenters. The molecule has 1 heterocycles. The number of ketones is 1. The maximum Gasteiger partial charge on any atom is 0.318 e. The summed E-state index contributed by atoms with van der Waals surface area (Å²) in [4.78, 5) is 36.1. The summed E-state index contributed by atoms with van der Waals surface area (Å²) in [5.41, 5.74) is -0.536. The minimum Gasteiger partial charge on any atom is -0.468 e. The van der Waals surface area contributed by atoms with Crippen LogP contribution in [0.25, 0.3) is 0 Å². The van der Waals surface area contributed by atoms with E-state index in [9.17, 15) is 14.4 Å². The smallest absolute Gasteiger partial charge is 0.318 e. The molecule has 0 N–H and O–H groups in total. The van der Waals surface area contributed by atoms with Gasteiger partial charge in [0.15, 0.2) is 5.78 Å². The van der Waals surface area contributed by atoms with Crippen molar-refractivity contribution in [1.82, 2.24) is 4.90 Å². The molecule has 16 heavy (non-hydrogen) atoms. The Bertz CT molecular complexity index is 329. The molecule has 90 valence electrons. The van der Waals surface area contributed by atoms with Gasteiger partial charge in [-0.15, -0.1) is 0 Å². The zero-order valence-corrected chi connectivity index (χ0v) is 10.1. The van der Waals surface area contributed by atoms with Crippen molar-refractivity contribution in [3.8, 4) is 0 Å². The molecular weight excluding hydrogens is 210 g/mol. The van der Waals surface area contributed by atoms with Gasteiger partial charge in [0.1, 0.15) is 5.92 Å². The number of ether oxygens (including phenoxy) is 1. The van der Waals surface area contributed by atoms with Crippen LogP contribution < -0.4 is 0 Å². The van der Waals surface area contributed by atoms with Crippen LogP contribution >= 0.6 is 0 Å². The molecule has 1 rings (SSSR count). The van der Waals surface area contributed by atoms with E-state index in [2.05, 4.69) is 4.74 Å². The first kappa shape index (κ1) is 12.7. The molecule has 5 nitrogen and oxygen atoms in total. The third-order valence-corrected chi connectivity index (χ3v) is 2.55. The van der Waals surface area contributed by atoms with Gasteiger partial charge in [-0.05, 0) is 0 Å². The molecule has 0 bridgehead atoms. The van der Waals surface area contributed by atoms with E-state index < -0.39 is 17.3 Å². The second-order valence-electron chi connectivity index (χ2n) is 4.98. The molecule has 0 saturated carbocycles. The van der Waals surface area contributed by atoms with Gasteiger partial charge in [-0.3, -0.25) is 14.4 Å². The van der Waals surface area contributed by atoms with E-state index in [0.29, 0.717) is 0 Å². The standard InChI is InChI=1S/C11H17NO4/c1-11(2,3)10(15)12-5-7(8(13)6-12)9(14)16-4/h7H,5-6H2,1-4H3. The van der Waals surface area contributed by atoms with Gasteiger partial charge in [-0.25, -0.2) is 0 Å². The summed E-state index contributed by atoms with van der Waals surface area (Å²) in [7, 11) is 1.24. The van der Waals surface area contributed by atoms with Crippen molar-refractivity contribution in [3.05, 3.63) is 0 Å². The fraction of sp³-hybridized carbons (Fsp3) is 0.727. The van der Waals surface area contributed by atoms with Gasteiger partial charge in [0, 0.05) is 12.0 Å². The Morgan fingerprint density at radius 3 is 2.38 bits per heavy atom. The lowest BCUT2D eigenvalue weighted by atomic mass is 9.95. The Morgan fingerprint density at radius 2 is 1.94 bits per heavy atom. The van der Waals surface area contributed by atoms with Crippen molar-refractivity contribution in [1.29, 1.82) is 0 Å². The topological polar surface area (TPSA) is 63.7 Å². The average Bonchev–Trinajstić information content (AvgIpc) is 2.56. The quantitative estimate of drug-likeness (QED) is 0.475. The number of nitrogens with zero attached hydrogens (tertiary/aromatic N) is 1. The van der Waals surface area contributed by atoms with Crippen molar-refractivity contribution in [2.45, 2.75) is 20.8 Å². The Kier molecular flexibility index (Phi) is 3.35. The predicted molar refractivity (Wildman–Crippen MR) is 56.5 cm³/mol. The third-order valence-electron chi connectivity index (χ3n) is 2.55. The summed E-state index contributed by atoms with van der Waals surface area (Å²) in [5.74, 6) is -1.73. The lowest BCUT2D eigenvalue weighted by Gasteiger charge is -2.24. The van der Waals surface area contributed by atoms with Crippen LogP contribution in [0.15, 0.2) is 0 Å². The zero-order valence-electron chi connectivity index (χ0n) is 10.1. The van der Waals surface area contributed by atoms with E-state index in [0.717, 1.165) is 0 Å². The summed E-state index contributed by atoms with van der Waals surface area (Å²) in [6.45, 7) is 5.50. The normalized spacial score (nSPS) is 21.1. The molecule has 0 aliphatic carbocycles. The molecule has 0 aromatic carbocycles. The number of methoxy groups -OCH3 is 1. The number of hydrogen-bond acceptors (Lipinski definition) is 4. The summed E-state index contributed by atoms with van der Waals surface area (Å²) in [6.07, 6.45) is 0. The highest BCUT2D eigenvalue weighted by molar-refractivity contribution is 6.04. The fourth-order valence-electron chi connectivity index (χ4n) is 1.66. The first-order chi connectivity index (χ1) is 7.27. The van der Waals surface area contributed by atoms with Crippen molar-refractivity contribution < 1.29 is 19.1 Å². The third kappa shape index (κ3) is 2.40. The first-order valence-electron chi connectivity index (χ1n) is 5.17. The number of rotatable bonds is 1.